The first kappa shape index (κ1) is 19.1. The minimum absolute atomic E-state index is 0.0874. The van der Waals surface area contributed by atoms with Crippen LogP contribution in [-0.2, 0) is 11.3 Å². The van der Waals surface area contributed by atoms with Crippen molar-refractivity contribution in [3.05, 3.63) is 24.2 Å². The lowest BCUT2D eigenvalue weighted by atomic mass is 9.87. The Morgan fingerprint density at radius 1 is 1.35 bits per heavy atom. The Kier molecular flexibility index (Phi) is 6.88. The summed E-state index contributed by atoms with van der Waals surface area (Å²) in [4.78, 5) is 19.1. The molecule has 7 heteroatoms. The Labute approximate surface area is 160 Å². The Bertz CT molecular complexity index is 591. The number of carbonyl (C=O) groups excluding carboxylic acids is 1. The number of nitrogens with zero attached hydrogens (tertiary/aromatic N) is 2. The van der Waals surface area contributed by atoms with Crippen molar-refractivity contribution in [1.29, 1.82) is 0 Å². The van der Waals surface area contributed by atoms with E-state index in [4.69, 9.17) is 4.42 Å². The molecule has 0 radical (unpaired) electrons. The van der Waals surface area contributed by atoms with Crippen LogP contribution in [0.1, 0.15) is 44.8 Å². The molecule has 2 heterocycles. The van der Waals surface area contributed by atoms with Gasteiger partial charge in [-0.1, -0.05) is 19.3 Å². The van der Waals surface area contributed by atoms with Crippen molar-refractivity contribution in [2.45, 2.75) is 50.3 Å². The summed E-state index contributed by atoms with van der Waals surface area (Å²) in [6.45, 7) is 5.45. The highest BCUT2D eigenvalue weighted by molar-refractivity contribution is 8.00. The smallest absolute Gasteiger partial charge is 0.242 e. The average Bonchev–Trinajstić information content (AvgIpc) is 3.18. The fraction of sp³-hybridized carbons (Fsp3) is 0.684. The van der Waals surface area contributed by atoms with Crippen LogP contribution in [0.25, 0.3) is 0 Å². The van der Waals surface area contributed by atoms with Gasteiger partial charge in [-0.2, -0.15) is 11.8 Å². The number of hydrogen-bond donors (Lipinski definition) is 2. The third kappa shape index (κ3) is 5.19. The predicted molar refractivity (Wildman–Crippen MR) is 106 cm³/mol. The van der Waals surface area contributed by atoms with Gasteiger partial charge >= 0.3 is 0 Å². The number of rotatable bonds is 5. The zero-order chi connectivity index (χ0) is 18.2. The summed E-state index contributed by atoms with van der Waals surface area (Å²) in [7, 11) is 0. The highest BCUT2D eigenvalue weighted by Crippen LogP contribution is 2.42. The van der Waals surface area contributed by atoms with Crippen molar-refractivity contribution in [2.75, 3.05) is 31.9 Å². The molecule has 2 N–H and O–H groups in total. The number of hydrogen-bond acceptors (Lipinski definition) is 4. The van der Waals surface area contributed by atoms with Crippen LogP contribution < -0.4 is 10.6 Å². The molecule has 6 nitrogen and oxygen atoms in total. The molecule has 1 aliphatic heterocycles. The zero-order valence-corrected chi connectivity index (χ0v) is 16.4. The molecule has 3 rings (SSSR count). The maximum atomic E-state index is 12.1. The SMILES string of the molecule is CCNC(=NCC(=O)NCc1ccco1)N1CCSC2(CCCCC2)C1. The second kappa shape index (κ2) is 9.35. The second-order valence-electron chi connectivity index (χ2n) is 7.04. The van der Waals surface area contributed by atoms with Crippen molar-refractivity contribution >= 4 is 23.6 Å². The molecule has 0 aromatic carbocycles. The number of aliphatic imine (C=N–C) groups is 1. The number of guanidine groups is 1. The molecule has 1 saturated carbocycles. The fourth-order valence-electron chi connectivity index (χ4n) is 3.75. The summed E-state index contributed by atoms with van der Waals surface area (Å²) in [5.74, 6) is 2.66. The van der Waals surface area contributed by atoms with E-state index >= 15 is 0 Å². The maximum absolute atomic E-state index is 12.1. The molecule has 1 saturated heterocycles. The van der Waals surface area contributed by atoms with E-state index in [1.54, 1.807) is 6.26 Å². The lowest BCUT2D eigenvalue weighted by molar-refractivity contribution is -0.119. The standard InChI is InChI=1S/C19H30N4O2S/c1-2-20-18(22-14-17(24)21-13-16-7-6-11-25-16)23-10-12-26-19(15-23)8-4-3-5-9-19/h6-7,11H,2-5,8-10,12-15H2,1H3,(H,20,22)(H,21,24). The van der Waals surface area contributed by atoms with Crippen molar-refractivity contribution in [2.24, 2.45) is 4.99 Å². The van der Waals surface area contributed by atoms with Crippen LogP contribution in [0, 0.1) is 0 Å². The van der Waals surface area contributed by atoms with E-state index in [1.165, 1.54) is 32.1 Å². The van der Waals surface area contributed by atoms with Gasteiger partial charge in [-0.05, 0) is 31.9 Å². The first-order valence-corrected chi connectivity index (χ1v) is 10.7. The summed E-state index contributed by atoms with van der Waals surface area (Å²) >= 11 is 2.14. The van der Waals surface area contributed by atoms with Crippen LogP contribution in [0.2, 0.25) is 0 Å². The van der Waals surface area contributed by atoms with Crippen LogP contribution in [0.5, 0.6) is 0 Å². The minimum atomic E-state index is -0.0874. The summed E-state index contributed by atoms with van der Waals surface area (Å²) in [5.41, 5.74) is 0. The van der Waals surface area contributed by atoms with Gasteiger partial charge in [0.25, 0.3) is 0 Å². The molecular formula is C19H30N4O2S. The van der Waals surface area contributed by atoms with Crippen molar-refractivity contribution < 1.29 is 9.21 Å². The molecule has 1 aliphatic carbocycles. The molecule has 1 aromatic heterocycles. The van der Waals surface area contributed by atoms with Gasteiger partial charge in [0.2, 0.25) is 5.91 Å². The largest absolute Gasteiger partial charge is 0.467 e. The Morgan fingerprint density at radius 3 is 2.92 bits per heavy atom. The molecule has 1 aromatic rings. The maximum Gasteiger partial charge on any atom is 0.242 e. The van der Waals surface area contributed by atoms with Crippen molar-refractivity contribution in [3.63, 3.8) is 0 Å². The fourth-order valence-corrected chi connectivity index (χ4v) is 5.32. The van der Waals surface area contributed by atoms with Gasteiger partial charge < -0.3 is 20.0 Å². The normalized spacial score (nSPS) is 20.2. The quantitative estimate of drug-likeness (QED) is 0.609. The lowest BCUT2D eigenvalue weighted by Gasteiger charge is -2.45. The number of thioether (sulfide) groups is 1. The van der Waals surface area contributed by atoms with Crippen LogP contribution in [0.15, 0.2) is 27.8 Å². The summed E-state index contributed by atoms with van der Waals surface area (Å²) in [6, 6.07) is 3.67. The molecule has 0 atom stereocenters. The third-order valence-corrected chi connectivity index (χ3v) is 6.60. The average molecular weight is 379 g/mol. The molecule has 1 amide bonds. The zero-order valence-electron chi connectivity index (χ0n) is 15.6. The van der Waals surface area contributed by atoms with E-state index in [2.05, 4.69) is 39.2 Å². The van der Waals surface area contributed by atoms with Crippen molar-refractivity contribution in [1.82, 2.24) is 15.5 Å². The molecule has 26 heavy (non-hydrogen) atoms. The Hall–Kier alpha value is -1.63. The molecule has 144 valence electrons. The monoisotopic (exact) mass is 378 g/mol. The predicted octanol–water partition coefficient (Wildman–Crippen LogP) is 2.61. The number of amides is 1. The van der Waals surface area contributed by atoms with E-state index in [0.717, 1.165) is 37.1 Å². The summed E-state index contributed by atoms with van der Waals surface area (Å²) < 4.78 is 5.62. The number of nitrogens with one attached hydrogen (secondary N) is 2. The molecule has 0 bridgehead atoms. The summed E-state index contributed by atoms with van der Waals surface area (Å²) in [5, 5.41) is 6.22. The van der Waals surface area contributed by atoms with Crippen LogP contribution in [0.4, 0.5) is 0 Å². The first-order chi connectivity index (χ1) is 12.7. The Morgan fingerprint density at radius 2 is 2.19 bits per heavy atom. The highest BCUT2D eigenvalue weighted by Gasteiger charge is 2.38. The van der Waals surface area contributed by atoms with Gasteiger partial charge in [0.15, 0.2) is 5.96 Å². The molecular weight excluding hydrogens is 348 g/mol. The van der Waals surface area contributed by atoms with Crippen LogP contribution in [-0.4, -0.2) is 53.4 Å². The van der Waals surface area contributed by atoms with Gasteiger partial charge in [0.1, 0.15) is 12.3 Å². The van der Waals surface area contributed by atoms with Gasteiger partial charge in [-0.15, -0.1) is 0 Å². The van der Waals surface area contributed by atoms with E-state index in [1.807, 2.05) is 12.1 Å². The topological polar surface area (TPSA) is 69.9 Å². The number of furan rings is 1. The third-order valence-electron chi connectivity index (χ3n) is 5.06. The minimum Gasteiger partial charge on any atom is -0.467 e. The first-order valence-electron chi connectivity index (χ1n) is 9.67. The van der Waals surface area contributed by atoms with Gasteiger partial charge in [-0.25, -0.2) is 4.99 Å². The van der Waals surface area contributed by atoms with Crippen LogP contribution >= 0.6 is 11.8 Å². The van der Waals surface area contributed by atoms with Crippen LogP contribution in [0.3, 0.4) is 0 Å². The van der Waals surface area contributed by atoms with E-state index in [0.29, 0.717) is 11.3 Å². The Balaban J connectivity index is 1.56. The second-order valence-corrected chi connectivity index (χ2v) is 8.60. The molecule has 2 aliphatic rings. The molecule has 2 fully saturated rings. The van der Waals surface area contributed by atoms with Crippen molar-refractivity contribution in [3.8, 4) is 0 Å². The van der Waals surface area contributed by atoms with Gasteiger partial charge in [-0.3, -0.25) is 4.79 Å². The molecule has 0 unspecified atom stereocenters. The van der Waals surface area contributed by atoms with Gasteiger partial charge in [0.05, 0.1) is 12.8 Å². The lowest BCUT2D eigenvalue weighted by Crippen LogP contribution is -2.53. The highest BCUT2D eigenvalue weighted by atomic mass is 32.2. The summed E-state index contributed by atoms with van der Waals surface area (Å²) in [6.07, 6.45) is 8.26. The molecule has 1 spiro atoms. The van der Waals surface area contributed by atoms with E-state index in [9.17, 15) is 4.79 Å². The van der Waals surface area contributed by atoms with Gasteiger partial charge in [0, 0.05) is 30.1 Å². The van der Waals surface area contributed by atoms with E-state index in [-0.39, 0.29) is 12.5 Å². The number of carbonyl (C=O) groups is 1. The van der Waals surface area contributed by atoms with E-state index < -0.39 is 0 Å².